The van der Waals surface area contributed by atoms with Crippen LogP contribution in [0.5, 0.6) is 0 Å². The minimum absolute atomic E-state index is 0.201. The molecule has 0 aromatic heterocycles. The SMILES string of the molecule is CCCCCCOC(C)(CBr)c1ccccc1F. The number of halogens is 2. The molecule has 1 aromatic rings. The van der Waals surface area contributed by atoms with E-state index in [1.165, 1.54) is 25.3 Å². The molecule has 1 atom stereocenters. The largest absolute Gasteiger partial charge is 0.370 e. The molecule has 0 fully saturated rings. The van der Waals surface area contributed by atoms with E-state index in [0.29, 0.717) is 17.5 Å². The molecule has 0 saturated carbocycles. The van der Waals surface area contributed by atoms with Crippen molar-refractivity contribution >= 4 is 15.9 Å². The van der Waals surface area contributed by atoms with Gasteiger partial charge in [0.1, 0.15) is 11.4 Å². The molecule has 0 spiro atoms. The maximum Gasteiger partial charge on any atom is 0.129 e. The van der Waals surface area contributed by atoms with E-state index in [0.717, 1.165) is 6.42 Å². The minimum atomic E-state index is -0.586. The lowest BCUT2D eigenvalue weighted by atomic mass is 9.97. The number of rotatable bonds is 8. The van der Waals surface area contributed by atoms with Gasteiger partial charge in [0.15, 0.2) is 0 Å². The molecule has 0 N–H and O–H groups in total. The molecule has 18 heavy (non-hydrogen) atoms. The number of hydrogen-bond acceptors (Lipinski definition) is 1. The Balaban J connectivity index is 2.60. The average Bonchev–Trinajstić information content (AvgIpc) is 2.39. The third kappa shape index (κ3) is 4.36. The van der Waals surface area contributed by atoms with Crippen molar-refractivity contribution in [3.8, 4) is 0 Å². The van der Waals surface area contributed by atoms with Crippen LogP contribution in [0.4, 0.5) is 4.39 Å². The normalized spacial score (nSPS) is 14.4. The van der Waals surface area contributed by atoms with Gasteiger partial charge in [0.2, 0.25) is 0 Å². The van der Waals surface area contributed by atoms with Gasteiger partial charge >= 0.3 is 0 Å². The maximum atomic E-state index is 13.8. The molecule has 1 nitrogen and oxygen atoms in total. The van der Waals surface area contributed by atoms with Crippen molar-refractivity contribution in [2.75, 3.05) is 11.9 Å². The van der Waals surface area contributed by atoms with Crippen molar-refractivity contribution in [1.29, 1.82) is 0 Å². The molecule has 1 rings (SSSR count). The first kappa shape index (κ1) is 15.6. The fourth-order valence-corrected chi connectivity index (χ4v) is 2.37. The lowest BCUT2D eigenvalue weighted by Crippen LogP contribution is -2.29. The van der Waals surface area contributed by atoms with E-state index in [1.54, 1.807) is 12.1 Å². The Kier molecular flexibility index (Phi) is 6.87. The van der Waals surface area contributed by atoms with Crippen LogP contribution in [-0.2, 0) is 10.3 Å². The molecule has 1 aromatic carbocycles. The van der Waals surface area contributed by atoms with Gasteiger partial charge in [-0.25, -0.2) is 4.39 Å². The van der Waals surface area contributed by atoms with Crippen LogP contribution < -0.4 is 0 Å². The molecule has 0 aliphatic heterocycles. The molecular weight excluding hydrogens is 295 g/mol. The van der Waals surface area contributed by atoms with Gasteiger partial charge in [-0.2, -0.15) is 0 Å². The van der Waals surface area contributed by atoms with E-state index < -0.39 is 5.60 Å². The Bertz CT molecular complexity index is 356. The van der Waals surface area contributed by atoms with E-state index in [1.807, 2.05) is 13.0 Å². The monoisotopic (exact) mass is 316 g/mol. The molecule has 3 heteroatoms. The first-order valence-corrected chi connectivity index (χ1v) is 7.71. The van der Waals surface area contributed by atoms with Crippen LogP contribution in [0.25, 0.3) is 0 Å². The fraction of sp³-hybridized carbons (Fsp3) is 0.600. The van der Waals surface area contributed by atoms with Crippen molar-refractivity contribution in [3.63, 3.8) is 0 Å². The Morgan fingerprint density at radius 1 is 1.22 bits per heavy atom. The summed E-state index contributed by atoms with van der Waals surface area (Å²) in [5.74, 6) is -0.201. The van der Waals surface area contributed by atoms with Crippen molar-refractivity contribution in [2.45, 2.75) is 45.1 Å². The summed E-state index contributed by atoms with van der Waals surface area (Å²) in [6, 6.07) is 6.83. The van der Waals surface area contributed by atoms with E-state index in [4.69, 9.17) is 4.74 Å². The van der Waals surface area contributed by atoms with Crippen molar-refractivity contribution < 1.29 is 9.13 Å². The van der Waals surface area contributed by atoms with Gasteiger partial charge in [-0.3, -0.25) is 0 Å². The summed E-state index contributed by atoms with van der Waals surface area (Å²) in [6.07, 6.45) is 4.65. The van der Waals surface area contributed by atoms with Crippen molar-refractivity contribution in [3.05, 3.63) is 35.6 Å². The first-order chi connectivity index (χ1) is 8.64. The van der Waals surface area contributed by atoms with Crippen LogP contribution in [-0.4, -0.2) is 11.9 Å². The second-order valence-electron chi connectivity index (χ2n) is 4.75. The van der Waals surface area contributed by atoms with Gasteiger partial charge < -0.3 is 4.74 Å². The molecule has 0 saturated heterocycles. The van der Waals surface area contributed by atoms with Gasteiger partial charge in [-0.1, -0.05) is 60.3 Å². The first-order valence-electron chi connectivity index (χ1n) is 6.59. The van der Waals surface area contributed by atoms with E-state index in [9.17, 15) is 4.39 Å². The predicted octanol–water partition coefficient (Wildman–Crippen LogP) is 5.03. The molecule has 0 aliphatic rings. The highest BCUT2D eigenvalue weighted by atomic mass is 79.9. The van der Waals surface area contributed by atoms with Crippen LogP contribution in [0.1, 0.15) is 45.1 Å². The highest BCUT2D eigenvalue weighted by molar-refractivity contribution is 9.09. The number of alkyl halides is 1. The molecule has 102 valence electrons. The smallest absolute Gasteiger partial charge is 0.129 e. The number of ether oxygens (including phenoxy) is 1. The zero-order chi connectivity index (χ0) is 13.4. The highest BCUT2D eigenvalue weighted by Crippen LogP contribution is 2.29. The number of benzene rings is 1. The van der Waals surface area contributed by atoms with Gasteiger partial charge in [-0.05, 0) is 19.4 Å². The second kappa shape index (κ2) is 7.90. The molecule has 0 heterocycles. The summed E-state index contributed by atoms with van der Waals surface area (Å²) in [5.41, 5.74) is 0.0368. The lowest BCUT2D eigenvalue weighted by Gasteiger charge is -2.29. The van der Waals surface area contributed by atoms with Crippen LogP contribution >= 0.6 is 15.9 Å². The highest BCUT2D eigenvalue weighted by Gasteiger charge is 2.28. The molecule has 1 unspecified atom stereocenters. The van der Waals surface area contributed by atoms with Crippen molar-refractivity contribution in [1.82, 2.24) is 0 Å². The summed E-state index contributed by atoms with van der Waals surface area (Å²) >= 11 is 3.43. The summed E-state index contributed by atoms with van der Waals surface area (Å²) < 4.78 is 19.7. The van der Waals surface area contributed by atoms with Gasteiger partial charge in [-0.15, -0.1) is 0 Å². The lowest BCUT2D eigenvalue weighted by molar-refractivity contribution is -0.0209. The third-order valence-corrected chi connectivity index (χ3v) is 4.19. The molecule has 0 aliphatic carbocycles. The summed E-state index contributed by atoms with van der Waals surface area (Å²) in [6.45, 7) is 4.79. The number of hydrogen-bond donors (Lipinski definition) is 0. The molecule has 0 radical (unpaired) electrons. The topological polar surface area (TPSA) is 9.23 Å². The van der Waals surface area contributed by atoms with E-state index in [-0.39, 0.29) is 5.82 Å². The van der Waals surface area contributed by atoms with Crippen LogP contribution in [0, 0.1) is 5.82 Å². The van der Waals surface area contributed by atoms with Gasteiger partial charge in [0.05, 0.1) is 0 Å². The maximum absolute atomic E-state index is 13.8. The Morgan fingerprint density at radius 3 is 2.56 bits per heavy atom. The van der Waals surface area contributed by atoms with Crippen LogP contribution in [0.15, 0.2) is 24.3 Å². The van der Waals surface area contributed by atoms with Gasteiger partial charge in [0.25, 0.3) is 0 Å². The summed E-state index contributed by atoms with van der Waals surface area (Å²) in [5, 5.41) is 0.592. The Morgan fingerprint density at radius 2 is 1.94 bits per heavy atom. The van der Waals surface area contributed by atoms with E-state index >= 15 is 0 Å². The number of unbranched alkanes of at least 4 members (excludes halogenated alkanes) is 3. The van der Waals surface area contributed by atoms with Gasteiger partial charge in [0, 0.05) is 17.5 Å². The quantitative estimate of drug-likeness (QED) is 0.482. The summed E-state index contributed by atoms with van der Waals surface area (Å²) in [7, 11) is 0. The summed E-state index contributed by atoms with van der Waals surface area (Å²) in [4.78, 5) is 0. The van der Waals surface area contributed by atoms with Crippen LogP contribution in [0.3, 0.4) is 0 Å². The third-order valence-electron chi connectivity index (χ3n) is 3.12. The molecular formula is C15H22BrFO. The van der Waals surface area contributed by atoms with Crippen molar-refractivity contribution in [2.24, 2.45) is 0 Å². The zero-order valence-electron chi connectivity index (χ0n) is 11.2. The fourth-order valence-electron chi connectivity index (χ4n) is 1.90. The predicted molar refractivity (Wildman–Crippen MR) is 77.6 cm³/mol. The minimum Gasteiger partial charge on any atom is -0.370 e. The second-order valence-corrected chi connectivity index (χ2v) is 5.31. The molecule has 0 bridgehead atoms. The Labute approximate surface area is 118 Å². The zero-order valence-corrected chi connectivity index (χ0v) is 12.8. The standard InChI is InChI=1S/C15H22BrFO/c1-3-4-5-8-11-18-15(2,12-16)13-9-6-7-10-14(13)17/h6-7,9-10H,3-5,8,11-12H2,1-2H3. The van der Waals surface area contributed by atoms with E-state index in [2.05, 4.69) is 22.9 Å². The average molecular weight is 317 g/mol. The molecule has 0 amide bonds. The Hall–Kier alpha value is -0.410. The van der Waals surface area contributed by atoms with Crippen LogP contribution in [0.2, 0.25) is 0 Å².